The second-order valence-electron chi connectivity index (χ2n) is 5.82. The molecule has 2 amide bonds. The van der Waals surface area contributed by atoms with Crippen LogP contribution >= 0.6 is 23.2 Å². The number of hydrogen-bond donors (Lipinski definition) is 1. The number of hydrogen-bond acceptors (Lipinski definition) is 2. The van der Waals surface area contributed by atoms with Gasteiger partial charge in [-0.3, -0.25) is 9.59 Å². The first kappa shape index (κ1) is 19.3. The van der Waals surface area contributed by atoms with Gasteiger partial charge in [-0.05, 0) is 48.4 Å². The second kappa shape index (κ2) is 8.88. The van der Waals surface area contributed by atoms with E-state index in [0.29, 0.717) is 23.1 Å². The van der Waals surface area contributed by atoms with Crippen molar-refractivity contribution < 1.29 is 9.59 Å². The summed E-state index contributed by atoms with van der Waals surface area (Å²) in [5.74, 6) is -0.224. The molecule has 1 N–H and O–H groups in total. The zero-order valence-electron chi connectivity index (χ0n) is 14.2. The molecule has 0 bridgehead atoms. The van der Waals surface area contributed by atoms with Crippen molar-refractivity contribution in [3.05, 3.63) is 63.6 Å². The van der Waals surface area contributed by atoms with Gasteiger partial charge in [0, 0.05) is 42.2 Å². The number of halogens is 2. The predicted molar refractivity (Wildman–Crippen MR) is 102 cm³/mol. The van der Waals surface area contributed by atoms with E-state index < -0.39 is 0 Å². The minimum atomic E-state index is -0.146. The summed E-state index contributed by atoms with van der Waals surface area (Å²) in [6.45, 7) is 4.16. The highest BCUT2D eigenvalue weighted by Crippen LogP contribution is 2.19. The van der Waals surface area contributed by atoms with Crippen LogP contribution < -0.4 is 5.32 Å². The molecule has 0 radical (unpaired) electrons. The fraction of sp³-hybridized carbons (Fsp3) is 0.263. The molecule has 2 aromatic rings. The van der Waals surface area contributed by atoms with Crippen molar-refractivity contribution in [2.45, 2.75) is 26.8 Å². The van der Waals surface area contributed by atoms with Gasteiger partial charge in [-0.15, -0.1) is 0 Å². The molecule has 132 valence electrons. The summed E-state index contributed by atoms with van der Waals surface area (Å²) in [5, 5.41) is 4.13. The van der Waals surface area contributed by atoms with E-state index in [1.807, 2.05) is 19.1 Å². The van der Waals surface area contributed by atoms with Crippen LogP contribution in [0.25, 0.3) is 0 Å². The first-order valence-electron chi connectivity index (χ1n) is 7.91. The minimum absolute atomic E-state index is 0.0783. The molecule has 0 heterocycles. The first-order chi connectivity index (χ1) is 11.8. The molecule has 25 heavy (non-hydrogen) atoms. The average molecular weight is 379 g/mol. The van der Waals surface area contributed by atoms with Crippen molar-refractivity contribution in [2.24, 2.45) is 0 Å². The number of rotatable bonds is 6. The number of carbonyl (C=O) groups is 2. The van der Waals surface area contributed by atoms with Crippen LogP contribution in [-0.2, 0) is 16.1 Å². The fourth-order valence-corrected chi connectivity index (χ4v) is 2.73. The summed E-state index contributed by atoms with van der Waals surface area (Å²) in [6.07, 6.45) is 0.217. The van der Waals surface area contributed by atoms with E-state index >= 15 is 0 Å². The number of nitrogens with zero attached hydrogens (tertiary/aromatic N) is 1. The molecule has 0 aliphatic heterocycles. The van der Waals surface area contributed by atoms with E-state index in [1.54, 1.807) is 35.2 Å². The van der Waals surface area contributed by atoms with E-state index in [1.165, 1.54) is 6.92 Å². The van der Waals surface area contributed by atoms with Gasteiger partial charge in [-0.1, -0.05) is 35.3 Å². The summed E-state index contributed by atoms with van der Waals surface area (Å²) in [5.41, 5.74) is 2.58. The van der Waals surface area contributed by atoms with Gasteiger partial charge < -0.3 is 10.2 Å². The molecular formula is C19H20Cl2N2O2. The van der Waals surface area contributed by atoms with E-state index in [2.05, 4.69) is 5.32 Å². The Hall–Kier alpha value is -2.04. The van der Waals surface area contributed by atoms with Crippen LogP contribution in [0.3, 0.4) is 0 Å². The third-order valence-corrected chi connectivity index (χ3v) is 4.29. The highest BCUT2D eigenvalue weighted by atomic mass is 35.5. The topological polar surface area (TPSA) is 49.4 Å². The van der Waals surface area contributed by atoms with Crippen molar-refractivity contribution in [3.8, 4) is 0 Å². The molecular weight excluding hydrogens is 359 g/mol. The lowest BCUT2D eigenvalue weighted by Gasteiger charge is -2.21. The molecule has 0 fully saturated rings. The Bertz CT molecular complexity index is 761. The number of amides is 2. The number of carbonyl (C=O) groups excluding carboxylic acids is 2. The Morgan fingerprint density at radius 3 is 2.28 bits per heavy atom. The van der Waals surface area contributed by atoms with Crippen molar-refractivity contribution in [3.63, 3.8) is 0 Å². The predicted octanol–water partition coefficient (Wildman–Crippen LogP) is 4.68. The maximum absolute atomic E-state index is 12.2. The summed E-state index contributed by atoms with van der Waals surface area (Å²) < 4.78 is 0. The average Bonchev–Trinajstić information content (AvgIpc) is 2.55. The van der Waals surface area contributed by atoms with Crippen LogP contribution in [0, 0.1) is 6.92 Å². The number of nitrogens with one attached hydrogen (secondary N) is 1. The maximum Gasteiger partial charge on any atom is 0.226 e. The molecule has 0 aliphatic rings. The van der Waals surface area contributed by atoms with Crippen molar-refractivity contribution in [1.29, 1.82) is 0 Å². The lowest BCUT2D eigenvalue weighted by Crippen LogP contribution is -2.31. The van der Waals surface area contributed by atoms with E-state index in [4.69, 9.17) is 23.2 Å². The monoisotopic (exact) mass is 378 g/mol. The molecule has 0 aromatic heterocycles. The fourth-order valence-electron chi connectivity index (χ4n) is 2.37. The zero-order valence-corrected chi connectivity index (χ0v) is 15.7. The van der Waals surface area contributed by atoms with Gasteiger partial charge in [0.15, 0.2) is 0 Å². The summed E-state index contributed by atoms with van der Waals surface area (Å²) in [7, 11) is 0. The largest absolute Gasteiger partial charge is 0.338 e. The van der Waals surface area contributed by atoms with Crippen molar-refractivity contribution in [2.75, 3.05) is 11.9 Å². The highest BCUT2D eigenvalue weighted by molar-refractivity contribution is 6.31. The molecule has 0 spiro atoms. The Labute approximate surface area is 157 Å². The quantitative estimate of drug-likeness (QED) is 0.792. The maximum atomic E-state index is 12.2. The summed E-state index contributed by atoms with van der Waals surface area (Å²) >= 11 is 11.8. The van der Waals surface area contributed by atoms with Crippen LogP contribution in [0.1, 0.15) is 24.5 Å². The van der Waals surface area contributed by atoms with Crippen LogP contribution in [0.4, 0.5) is 5.69 Å². The van der Waals surface area contributed by atoms with Crippen LogP contribution in [0.2, 0.25) is 10.0 Å². The van der Waals surface area contributed by atoms with Crippen LogP contribution in [0.15, 0.2) is 42.5 Å². The standard InChI is InChI=1S/C19H20Cl2N2O2/c1-13-11-17(21)7-8-18(13)22-19(25)9-10-23(14(2)24)12-15-3-5-16(20)6-4-15/h3-8,11H,9-10,12H2,1-2H3,(H,22,25). The molecule has 0 atom stereocenters. The smallest absolute Gasteiger partial charge is 0.226 e. The number of anilines is 1. The molecule has 0 saturated heterocycles. The summed E-state index contributed by atoms with van der Waals surface area (Å²) in [6, 6.07) is 12.6. The third-order valence-electron chi connectivity index (χ3n) is 3.80. The molecule has 6 heteroatoms. The molecule has 0 unspecified atom stereocenters. The van der Waals surface area contributed by atoms with E-state index in [-0.39, 0.29) is 18.2 Å². The molecule has 0 saturated carbocycles. The Morgan fingerprint density at radius 2 is 1.68 bits per heavy atom. The Morgan fingerprint density at radius 1 is 1.04 bits per heavy atom. The van der Waals surface area contributed by atoms with Gasteiger partial charge in [0.1, 0.15) is 0 Å². The third kappa shape index (κ3) is 6.07. The van der Waals surface area contributed by atoms with Gasteiger partial charge in [0.25, 0.3) is 0 Å². The number of benzene rings is 2. The van der Waals surface area contributed by atoms with Gasteiger partial charge in [-0.2, -0.15) is 0 Å². The number of aryl methyl sites for hydroxylation is 1. The van der Waals surface area contributed by atoms with Gasteiger partial charge in [0.05, 0.1) is 0 Å². The minimum Gasteiger partial charge on any atom is -0.338 e. The SMILES string of the molecule is CC(=O)N(CCC(=O)Nc1ccc(Cl)cc1C)Cc1ccc(Cl)cc1. The molecule has 0 aliphatic carbocycles. The normalized spacial score (nSPS) is 10.4. The van der Waals surface area contributed by atoms with Crippen molar-refractivity contribution >= 4 is 40.7 Å². The summed E-state index contributed by atoms with van der Waals surface area (Å²) in [4.78, 5) is 25.6. The van der Waals surface area contributed by atoms with Crippen LogP contribution in [-0.4, -0.2) is 23.3 Å². The molecule has 2 rings (SSSR count). The zero-order chi connectivity index (χ0) is 18.4. The van der Waals surface area contributed by atoms with Gasteiger partial charge in [-0.25, -0.2) is 0 Å². The Kier molecular flexibility index (Phi) is 6.85. The first-order valence-corrected chi connectivity index (χ1v) is 8.66. The van der Waals surface area contributed by atoms with Crippen molar-refractivity contribution in [1.82, 2.24) is 4.90 Å². The lowest BCUT2D eigenvalue weighted by molar-refractivity contribution is -0.129. The highest BCUT2D eigenvalue weighted by Gasteiger charge is 2.13. The molecule has 2 aromatic carbocycles. The Balaban J connectivity index is 1.92. The molecule has 4 nitrogen and oxygen atoms in total. The lowest BCUT2D eigenvalue weighted by atomic mass is 10.2. The van der Waals surface area contributed by atoms with Gasteiger partial charge in [0.2, 0.25) is 11.8 Å². The van der Waals surface area contributed by atoms with E-state index in [0.717, 1.165) is 16.8 Å². The second-order valence-corrected chi connectivity index (χ2v) is 6.70. The van der Waals surface area contributed by atoms with E-state index in [9.17, 15) is 9.59 Å². The van der Waals surface area contributed by atoms with Gasteiger partial charge >= 0.3 is 0 Å². The van der Waals surface area contributed by atoms with Crippen LogP contribution in [0.5, 0.6) is 0 Å².